The number of aromatic carboxylic acids is 1. The molecule has 0 radical (unpaired) electrons. The molecule has 2 aromatic heterocycles. The van der Waals surface area contributed by atoms with Crippen molar-refractivity contribution in [2.24, 2.45) is 5.92 Å². The average Bonchev–Trinajstić information content (AvgIpc) is 3.73. The number of carbonyl (C=O) groups excluding carboxylic acids is 1. The van der Waals surface area contributed by atoms with E-state index in [0.717, 1.165) is 49.9 Å². The molecule has 1 saturated heterocycles. The zero-order valence-corrected chi connectivity index (χ0v) is 23.1. The smallest absolute Gasteiger partial charge is 0.434 e. The molecule has 216 valence electrons. The number of carboxylic acid groups (broad SMARTS) is 1. The minimum Gasteiger partial charge on any atom is -0.478 e. The molecule has 1 aliphatic heterocycles. The van der Waals surface area contributed by atoms with Gasteiger partial charge in [-0.05, 0) is 72.6 Å². The molecule has 11 heteroatoms. The second-order valence-corrected chi connectivity index (χ2v) is 11.1. The lowest BCUT2D eigenvalue weighted by Gasteiger charge is -2.32. The summed E-state index contributed by atoms with van der Waals surface area (Å²) in [6, 6.07) is 17.9. The first-order chi connectivity index (χ1) is 20.1. The van der Waals surface area contributed by atoms with Gasteiger partial charge in [-0.2, -0.15) is 18.3 Å². The first kappa shape index (κ1) is 28.0. The minimum atomic E-state index is -4.96. The largest absolute Gasteiger partial charge is 0.478 e. The third-order valence-electron chi connectivity index (χ3n) is 7.90. The molecule has 1 N–H and O–H groups in total. The molecule has 0 atom stereocenters. The Morgan fingerprint density at radius 1 is 0.929 bits per heavy atom. The normalized spacial score (nSPS) is 16.0. The van der Waals surface area contributed by atoms with Crippen LogP contribution in [0.15, 0.2) is 66.9 Å². The molecule has 1 amide bonds. The van der Waals surface area contributed by atoms with Crippen molar-refractivity contribution >= 4 is 23.5 Å². The van der Waals surface area contributed by atoms with Gasteiger partial charge in [0.15, 0.2) is 11.5 Å². The van der Waals surface area contributed by atoms with Gasteiger partial charge in [0.2, 0.25) is 5.91 Å². The summed E-state index contributed by atoms with van der Waals surface area (Å²) >= 11 is 6.33. The fraction of sp³-hybridized carbons (Fsp3) is 0.290. The van der Waals surface area contributed by atoms with Gasteiger partial charge in [-0.1, -0.05) is 48.0 Å². The van der Waals surface area contributed by atoms with Gasteiger partial charge in [-0.3, -0.25) is 4.79 Å². The summed E-state index contributed by atoms with van der Waals surface area (Å²) in [4.78, 5) is 30.3. The Hall–Kier alpha value is -4.18. The third kappa shape index (κ3) is 5.51. The molecule has 4 aromatic rings. The van der Waals surface area contributed by atoms with Crippen LogP contribution in [-0.2, 0) is 11.0 Å². The first-order valence-corrected chi connectivity index (χ1v) is 14.0. The Balaban J connectivity index is 1.29. The molecule has 0 bridgehead atoms. The Morgan fingerprint density at radius 2 is 1.64 bits per heavy atom. The minimum absolute atomic E-state index is 0.180. The van der Waals surface area contributed by atoms with Crippen LogP contribution in [0.2, 0.25) is 5.02 Å². The lowest BCUT2D eigenvalue weighted by atomic mass is 9.88. The Labute approximate surface area is 244 Å². The number of likely N-dealkylation sites (tertiary alicyclic amines) is 1. The second kappa shape index (κ2) is 10.9. The number of nitrogens with zero attached hydrogens (tertiary/aromatic N) is 4. The number of piperidine rings is 1. The van der Waals surface area contributed by atoms with Crippen LogP contribution in [0, 0.1) is 5.92 Å². The summed E-state index contributed by atoms with van der Waals surface area (Å²) in [6.45, 7) is 1.54. The molecule has 0 spiro atoms. The van der Waals surface area contributed by atoms with Crippen molar-refractivity contribution in [2.45, 2.75) is 37.8 Å². The van der Waals surface area contributed by atoms with E-state index >= 15 is 0 Å². The van der Waals surface area contributed by atoms with Gasteiger partial charge in [0, 0.05) is 29.6 Å². The van der Waals surface area contributed by atoms with Crippen molar-refractivity contribution in [1.82, 2.24) is 19.7 Å². The van der Waals surface area contributed by atoms with Crippen LogP contribution in [0.3, 0.4) is 0 Å². The van der Waals surface area contributed by atoms with Crippen molar-refractivity contribution < 1.29 is 27.9 Å². The molecule has 1 aliphatic carbocycles. The highest BCUT2D eigenvalue weighted by molar-refractivity contribution is 6.31. The van der Waals surface area contributed by atoms with Crippen LogP contribution in [0.5, 0.6) is 0 Å². The quantitative estimate of drug-likeness (QED) is 0.257. The number of hydrogen-bond acceptors (Lipinski definition) is 4. The van der Waals surface area contributed by atoms with E-state index in [1.54, 1.807) is 18.2 Å². The second-order valence-electron chi connectivity index (χ2n) is 10.7. The monoisotopic (exact) mass is 594 g/mol. The van der Waals surface area contributed by atoms with Gasteiger partial charge >= 0.3 is 12.1 Å². The van der Waals surface area contributed by atoms with E-state index in [2.05, 4.69) is 22.2 Å². The molecule has 2 fully saturated rings. The maximum Gasteiger partial charge on any atom is 0.434 e. The molecule has 0 unspecified atom stereocenters. The highest BCUT2D eigenvalue weighted by atomic mass is 35.5. The van der Waals surface area contributed by atoms with Gasteiger partial charge in [0.05, 0.1) is 11.9 Å². The number of aromatic nitrogens is 3. The highest BCUT2D eigenvalue weighted by Crippen LogP contribution is 2.38. The molecule has 2 aromatic carbocycles. The van der Waals surface area contributed by atoms with E-state index < -0.39 is 23.4 Å². The topological polar surface area (TPSA) is 88.3 Å². The van der Waals surface area contributed by atoms with Gasteiger partial charge < -0.3 is 10.0 Å². The van der Waals surface area contributed by atoms with Gasteiger partial charge in [-0.15, -0.1) is 0 Å². The SMILES string of the molecule is O=C(O)c1cnn(-c2cccc(-c3cc(Cl)ccc3-c3ccc(C4CCN(C(=O)C5CC5)CC4)cc3)n2)c1C(F)(F)F. The van der Waals surface area contributed by atoms with E-state index in [1.165, 1.54) is 17.7 Å². The van der Waals surface area contributed by atoms with Crippen LogP contribution < -0.4 is 0 Å². The predicted octanol–water partition coefficient (Wildman–Crippen LogP) is 7.09. The maximum absolute atomic E-state index is 13.8. The Bertz CT molecular complexity index is 1660. The summed E-state index contributed by atoms with van der Waals surface area (Å²) in [7, 11) is 0. The van der Waals surface area contributed by atoms with E-state index in [-0.39, 0.29) is 11.7 Å². The number of carbonyl (C=O) groups is 2. The molecular weight excluding hydrogens is 569 g/mol. The fourth-order valence-electron chi connectivity index (χ4n) is 5.58. The summed E-state index contributed by atoms with van der Waals surface area (Å²) in [5.74, 6) is -1.03. The Morgan fingerprint density at radius 3 is 2.29 bits per heavy atom. The third-order valence-corrected chi connectivity index (χ3v) is 8.14. The summed E-state index contributed by atoms with van der Waals surface area (Å²) in [5.41, 5.74) is 1.43. The van der Waals surface area contributed by atoms with E-state index in [9.17, 15) is 27.9 Å². The molecular formula is C31H26ClF3N4O3. The van der Waals surface area contributed by atoms with Gasteiger partial charge in [-0.25, -0.2) is 14.5 Å². The average molecular weight is 595 g/mol. The standard InChI is InChI=1S/C31H26ClF3N4O3/c32-22-10-11-23(20-6-4-18(5-7-20)19-12-14-38(15-13-19)29(40)21-8-9-21)24(16-22)26-2-1-3-27(37-26)39-28(31(33,34)35)25(17-36-39)30(41)42/h1-7,10-11,16-17,19,21H,8-9,12-15H2,(H,41,42). The fourth-order valence-corrected chi connectivity index (χ4v) is 5.75. The predicted molar refractivity (Wildman–Crippen MR) is 150 cm³/mol. The first-order valence-electron chi connectivity index (χ1n) is 13.6. The van der Waals surface area contributed by atoms with Crippen LogP contribution in [0.1, 0.15) is 53.2 Å². The number of amides is 1. The van der Waals surface area contributed by atoms with Gasteiger partial charge in [0.1, 0.15) is 5.56 Å². The Kier molecular flexibility index (Phi) is 7.26. The lowest BCUT2D eigenvalue weighted by Crippen LogP contribution is -2.38. The van der Waals surface area contributed by atoms with Crippen molar-refractivity contribution in [3.8, 4) is 28.2 Å². The maximum atomic E-state index is 13.8. The van der Waals surface area contributed by atoms with Gasteiger partial charge in [0.25, 0.3) is 0 Å². The van der Waals surface area contributed by atoms with Crippen molar-refractivity contribution in [3.05, 3.63) is 88.7 Å². The van der Waals surface area contributed by atoms with E-state index in [1.807, 2.05) is 23.1 Å². The zero-order chi connectivity index (χ0) is 29.6. The van der Waals surface area contributed by atoms with E-state index in [0.29, 0.717) is 39.0 Å². The number of rotatable bonds is 6. The van der Waals surface area contributed by atoms with Crippen LogP contribution in [0.25, 0.3) is 28.2 Å². The summed E-state index contributed by atoms with van der Waals surface area (Å²) in [5, 5.41) is 13.4. The highest BCUT2D eigenvalue weighted by Gasteiger charge is 2.41. The molecule has 6 rings (SSSR count). The molecule has 7 nitrogen and oxygen atoms in total. The number of halogens is 4. The lowest BCUT2D eigenvalue weighted by molar-refractivity contribution is -0.143. The van der Waals surface area contributed by atoms with Crippen LogP contribution >= 0.6 is 11.6 Å². The molecule has 3 heterocycles. The molecule has 42 heavy (non-hydrogen) atoms. The molecule has 2 aliphatic rings. The number of hydrogen-bond donors (Lipinski definition) is 1. The van der Waals surface area contributed by atoms with Crippen molar-refractivity contribution in [3.63, 3.8) is 0 Å². The van der Waals surface area contributed by atoms with E-state index in [4.69, 9.17) is 11.6 Å². The number of carboxylic acids is 1. The molecule has 1 saturated carbocycles. The number of alkyl halides is 3. The summed E-state index contributed by atoms with van der Waals surface area (Å²) in [6.07, 6.45) is -0.448. The number of pyridine rings is 1. The van der Waals surface area contributed by atoms with Crippen molar-refractivity contribution in [2.75, 3.05) is 13.1 Å². The zero-order valence-electron chi connectivity index (χ0n) is 22.3. The van der Waals surface area contributed by atoms with Crippen LogP contribution in [0.4, 0.5) is 13.2 Å². The summed E-state index contributed by atoms with van der Waals surface area (Å²) < 4.78 is 42.0. The van der Waals surface area contributed by atoms with Crippen molar-refractivity contribution in [1.29, 1.82) is 0 Å². The number of benzene rings is 2. The van der Waals surface area contributed by atoms with Crippen LogP contribution in [-0.4, -0.2) is 49.7 Å².